The minimum absolute atomic E-state index is 0.312. The lowest BCUT2D eigenvalue weighted by molar-refractivity contribution is 0.621. The number of benzene rings is 1. The highest BCUT2D eigenvalue weighted by molar-refractivity contribution is 9.10. The molecular weight excluding hydrogens is 335 g/mol. The Morgan fingerprint density at radius 3 is 2.52 bits per heavy atom. The normalized spacial score (nSPS) is 10.8. The number of rotatable bonds is 2. The lowest BCUT2D eigenvalue weighted by atomic mass is 10.0. The molecule has 0 unspecified atom stereocenters. The fourth-order valence-electron chi connectivity index (χ4n) is 2.19. The topological polar surface area (TPSA) is 56.7 Å². The first kappa shape index (κ1) is 13.8. The van der Waals surface area contributed by atoms with Gasteiger partial charge in [0.05, 0.1) is 10.0 Å². The molecule has 21 heavy (non-hydrogen) atoms. The third kappa shape index (κ3) is 2.42. The Balaban J connectivity index is 2.24. The van der Waals surface area contributed by atoms with Crippen LogP contribution in [0.4, 0.5) is 10.2 Å². The van der Waals surface area contributed by atoms with Crippen LogP contribution in [0.25, 0.3) is 22.4 Å². The van der Waals surface area contributed by atoms with Gasteiger partial charge in [-0.25, -0.2) is 4.39 Å². The molecule has 3 aromatic rings. The van der Waals surface area contributed by atoms with Crippen molar-refractivity contribution in [1.29, 1.82) is 0 Å². The van der Waals surface area contributed by atoms with Gasteiger partial charge in [-0.15, -0.1) is 0 Å². The van der Waals surface area contributed by atoms with Crippen molar-refractivity contribution < 1.29 is 4.39 Å². The molecule has 0 fully saturated rings. The summed E-state index contributed by atoms with van der Waals surface area (Å²) in [5.41, 5.74) is 9.38. The first-order valence-electron chi connectivity index (χ1n) is 6.26. The van der Waals surface area contributed by atoms with Crippen LogP contribution in [0.1, 0.15) is 0 Å². The van der Waals surface area contributed by atoms with Gasteiger partial charge >= 0.3 is 0 Å². The van der Waals surface area contributed by atoms with Gasteiger partial charge in [0.25, 0.3) is 0 Å². The highest BCUT2D eigenvalue weighted by Crippen LogP contribution is 2.36. The number of aryl methyl sites for hydroxylation is 1. The third-order valence-electron chi connectivity index (χ3n) is 3.25. The number of aromatic nitrogens is 3. The number of pyridine rings is 1. The van der Waals surface area contributed by atoms with Crippen LogP contribution in [0.3, 0.4) is 0 Å². The van der Waals surface area contributed by atoms with E-state index in [1.807, 2.05) is 12.1 Å². The van der Waals surface area contributed by atoms with E-state index >= 15 is 0 Å². The van der Waals surface area contributed by atoms with Gasteiger partial charge in [-0.2, -0.15) is 5.10 Å². The summed E-state index contributed by atoms with van der Waals surface area (Å²) in [5.74, 6) is 0.241. The molecule has 6 heteroatoms. The second-order valence-electron chi connectivity index (χ2n) is 4.60. The van der Waals surface area contributed by atoms with Crippen molar-refractivity contribution in [2.45, 2.75) is 0 Å². The Bertz CT molecular complexity index is 799. The van der Waals surface area contributed by atoms with E-state index in [1.165, 1.54) is 6.07 Å². The number of nitrogen functional groups attached to an aromatic ring is 1. The number of hydrogen-bond acceptors (Lipinski definition) is 3. The zero-order chi connectivity index (χ0) is 15.0. The number of anilines is 1. The fraction of sp³-hybridized carbons (Fsp3) is 0.0667. The Morgan fingerprint density at radius 2 is 1.86 bits per heavy atom. The van der Waals surface area contributed by atoms with E-state index in [-0.39, 0.29) is 5.82 Å². The Kier molecular flexibility index (Phi) is 3.47. The molecule has 0 aliphatic heterocycles. The molecule has 0 spiro atoms. The van der Waals surface area contributed by atoms with Gasteiger partial charge in [0.2, 0.25) is 0 Å². The maximum atomic E-state index is 13.4. The molecule has 2 heterocycles. The van der Waals surface area contributed by atoms with Crippen molar-refractivity contribution in [3.8, 4) is 22.4 Å². The van der Waals surface area contributed by atoms with Gasteiger partial charge < -0.3 is 5.73 Å². The molecule has 3 rings (SSSR count). The van der Waals surface area contributed by atoms with E-state index in [0.717, 1.165) is 16.7 Å². The SMILES string of the molecule is Cn1nc(-c2ccc(F)c(Br)c2)c(-c2ccncc2)c1N. The number of hydrogen-bond donors (Lipinski definition) is 1. The smallest absolute Gasteiger partial charge is 0.137 e. The number of nitrogens with two attached hydrogens (primary N) is 1. The summed E-state index contributed by atoms with van der Waals surface area (Å²) in [6, 6.07) is 8.53. The van der Waals surface area contributed by atoms with Crippen molar-refractivity contribution >= 4 is 21.7 Å². The highest BCUT2D eigenvalue weighted by Gasteiger charge is 2.18. The maximum absolute atomic E-state index is 13.4. The summed E-state index contributed by atoms with van der Waals surface area (Å²) in [5, 5.41) is 4.46. The van der Waals surface area contributed by atoms with Crippen LogP contribution in [-0.4, -0.2) is 14.8 Å². The summed E-state index contributed by atoms with van der Waals surface area (Å²) in [6.45, 7) is 0. The largest absolute Gasteiger partial charge is 0.383 e. The molecule has 0 aliphatic rings. The van der Waals surface area contributed by atoms with Crippen LogP contribution in [0, 0.1) is 5.82 Å². The molecule has 106 valence electrons. The van der Waals surface area contributed by atoms with E-state index in [2.05, 4.69) is 26.0 Å². The zero-order valence-corrected chi connectivity index (χ0v) is 12.8. The standard InChI is InChI=1S/C15H12BrFN4/c1-21-15(18)13(9-4-6-19-7-5-9)14(20-21)10-2-3-12(17)11(16)8-10/h2-8H,18H2,1H3. The molecule has 1 aromatic carbocycles. The van der Waals surface area contributed by atoms with Crippen LogP contribution >= 0.6 is 15.9 Å². The molecule has 0 saturated heterocycles. The van der Waals surface area contributed by atoms with E-state index in [1.54, 1.807) is 36.3 Å². The van der Waals surface area contributed by atoms with Crippen molar-refractivity contribution in [2.24, 2.45) is 7.05 Å². The highest BCUT2D eigenvalue weighted by atomic mass is 79.9. The minimum atomic E-state index is -0.312. The second-order valence-corrected chi connectivity index (χ2v) is 5.45. The van der Waals surface area contributed by atoms with Crippen LogP contribution in [-0.2, 0) is 7.05 Å². The van der Waals surface area contributed by atoms with E-state index in [4.69, 9.17) is 5.73 Å². The molecule has 0 bridgehead atoms. The van der Waals surface area contributed by atoms with Gasteiger partial charge in [-0.05, 0) is 51.8 Å². The van der Waals surface area contributed by atoms with Crippen LogP contribution < -0.4 is 5.73 Å². The molecule has 2 aromatic heterocycles. The molecule has 0 aliphatic carbocycles. The van der Waals surface area contributed by atoms with E-state index < -0.39 is 0 Å². The summed E-state index contributed by atoms with van der Waals surface area (Å²) < 4.78 is 15.4. The maximum Gasteiger partial charge on any atom is 0.137 e. The molecular formula is C15H12BrFN4. The Morgan fingerprint density at radius 1 is 1.14 bits per heavy atom. The first-order chi connectivity index (χ1) is 10.1. The van der Waals surface area contributed by atoms with E-state index in [9.17, 15) is 4.39 Å². The molecule has 4 nitrogen and oxygen atoms in total. The van der Waals surface area contributed by atoms with Crippen molar-refractivity contribution in [2.75, 3.05) is 5.73 Å². The molecule has 2 N–H and O–H groups in total. The summed E-state index contributed by atoms with van der Waals surface area (Å²) >= 11 is 3.20. The van der Waals surface area contributed by atoms with Gasteiger partial charge in [0.15, 0.2) is 0 Å². The average molecular weight is 347 g/mol. The van der Waals surface area contributed by atoms with Crippen molar-refractivity contribution in [1.82, 2.24) is 14.8 Å². The van der Waals surface area contributed by atoms with Crippen molar-refractivity contribution in [3.63, 3.8) is 0 Å². The van der Waals surface area contributed by atoms with Crippen LogP contribution in [0.5, 0.6) is 0 Å². The minimum Gasteiger partial charge on any atom is -0.383 e. The second kappa shape index (κ2) is 5.29. The quantitative estimate of drug-likeness (QED) is 0.770. The first-order valence-corrected chi connectivity index (χ1v) is 7.05. The van der Waals surface area contributed by atoms with Gasteiger partial charge in [0, 0.05) is 25.0 Å². The predicted molar refractivity (Wildman–Crippen MR) is 83.9 cm³/mol. The van der Waals surface area contributed by atoms with Gasteiger partial charge in [0.1, 0.15) is 17.3 Å². The third-order valence-corrected chi connectivity index (χ3v) is 3.86. The summed E-state index contributed by atoms with van der Waals surface area (Å²) in [7, 11) is 1.78. The van der Waals surface area contributed by atoms with Crippen LogP contribution in [0.15, 0.2) is 47.2 Å². The average Bonchev–Trinajstić information content (AvgIpc) is 2.79. The Hall–Kier alpha value is -2.21. The van der Waals surface area contributed by atoms with Gasteiger partial charge in [-0.3, -0.25) is 9.67 Å². The molecule has 0 radical (unpaired) electrons. The molecule has 0 amide bonds. The number of halogens is 2. The zero-order valence-electron chi connectivity index (χ0n) is 11.2. The van der Waals surface area contributed by atoms with Crippen LogP contribution in [0.2, 0.25) is 0 Å². The molecule has 0 atom stereocenters. The lowest BCUT2D eigenvalue weighted by Crippen LogP contribution is -1.97. The Labute approximate surface area is 129 Å². The summed E-state index contributed by atoms with van der Waals surface area (Å²) in [6.07, 6.45) is 3.40. The fourth-order valence-corrected chi connectivity index (χ4v) is 2.56. The monoisotopic (exact) mass is 346 g/mol. The lowest BCUT2D eigenvalue weighted by Gasteiger charge is -2.05. The van der Waals surface area contributed by atoms with Gasteiger partial charge in [-0.1, -0.05) is 0 Å². The predicted octanol–water partition coefficient (Wildman–Crippen LogP) is 3.63. The van der Waals surface area contributed by atoms with E-state index in [0.29, 0.717) is 16.0 Å². The summed E-state index contributed by atoms with van der Waals surface area (Å²) in [4.78, 5) is 4.01. The van der Waals surface area contributed by atoms with Crippen molar-refractivity contribution in [3.05, 3.63) is 53.0 Å². The molecule has 0 saturated carbocycles. The number of nitrogens with zero attached hydrogens (tertiary/aromatic N) is 3.